The summed E-state index contributed by atoms with van der Waals surface area (Å²) in [6.45, 7) is 6.16. The second kappa shape index (κ2) is 7.78. The van der Waals surface area contributed by atoms with Crippen molar-refractivity contribution in [1.29, 1.82) is 0 Å². The topological polar surface area (TPSA) is 76.9 Å². The van der Waals surface area contributed by atoms with Crippen LogP contribution < -0.4 is 10.9 Å². The second-order valence-electron chi connectivity index (χ2n) is 8.00. The van der Waals surface area contributed by atoms with Crippen molar-refractivity contribution in [3.05, 3.63) is 63.3 Å². The third kappa shape index (κ3) is 3.79. The van der Waals surface area contributed by atoms with Crippen molar-refractivity contribution in [3.63, 3.8) is 0 Å². The fraction of sp³-hybridized carbons (Fsp3) is 0.391. The first-order valence-electron chi connectivity index (χ1n) is 10.2. The van der Waals surface area contributed by atoms with E-state index < -0.39 is 0 Å². The summed E-state index contributed by atoms with van der Waals surface area (Å²) in [6, 6.07) is 7.88. The lowest BCUT2D eigenvalue weighted by Gasteiger charge is -2.20. The Hall–Kier alpha value is -3.02. The van der Waals surface area contributed by atoms with Gasteiger partial charge in [0.1, 0.15) is 12.9 Å². The van der Waals surface area contributed by atoms with E-state index in [4.69, 9.17) is 0 Å². The molecule has 29 heavy (non-hydrogen) atoms. The number of nitrogens with zero attached hydrogens (tertiary/aromatic N) is 3. The number of aromatic nitrogens is 3. The molecule has 6 nitrogen and oxygen atoms in total. The van der Waals surface area contributed by atoms with Gasteiger partial charge < -0.3 is 5.32 Å². The van der Waals surface area contributed by atoms with Gasteiger partial charge in [-0.15, -0.1) is 0 Å². The van der Waals surface area contributed by atoms with E-state index in [-0.39, 0.29) is 18.0 Å². The van der Waals surface area contributed by atoms with E-state index in [9.17, 15) is 9.59 Å². The Morgan fingerprint density at radius 1 is 1.34 bits per heavy atom. The zero-order valence-electron chi connectivity index (χ0n) is 17.2. The van der Waals surface area contributed by atoms with Crippen LogP contribution in [0.2, 0.25) is 0 Å². The number of fused-ring (bicyclic) bond motifs is 2. The molecule has 0 spiro atoms. The summed E-state index contributed by atoms with van der Waals surface area (Å²) in [5.74, 6) is 0.352. The smallest absolute Gasteiger partial charge is 0.263 e. The van der Waals surface area contributed by atoms with Gasteiger partial charge in [-0.25, -0.2) is 9.97 Å². The van der Waals surface area contributed by atoms with Crippen LogP contribution in [0.25, 0.3) is 11.0 Å². The lowest BCUT2D eigenvalue weighted by atomic mass is 9.87. The highest BCUT2D eigenvalue weighted by atomic mass is 16.2. The summed E-state index contributed by atoms with van der Waals surface area (Å²) >= 11 is 0. The first-order chi connectivity index (χ1) is 14.0. The molecule has 0 saturated heterocycles. The highest BCUT2D eigenvalue weighted by Crippen LogP contribution is 2.25. The maximum absolute atomic E-state index is 13.0. The molecule has 1 amide bonds. The van der Waals surface area contributed by atoms with Gasteiger partial charge >= 0.3 is 0 Å². The fourth-order valence-corrected chi connectivity index (χ4v) is 4.07. The van der Waals surface area contributed by atoms with Crippen molar-refractivity contribution in [1.82, 2.24) is 14.5 Å². The third-order valence-electron chi connectivity index (χ3n) is 5.74. The molecule has 1 aliphatic carbocycles. The van der Waals surface area contributed by atoms with Gasteiger partial charge in [0.15, 0.2) is 5.65 Å². The Balaban J connectivity index is 1.62. The predicted molar refractivity (Wildman–Crippen MR) is 114 cm³/mol. The molecule has 4 rings (SSSR count). The van der Waals surface area contributed by atoms with E-state index >= 15 is 0 Å². The van der Waals surface area contributed by atoms with Crippen LogP contribution in [-0.4, -0.2) is 20.4 Å². The molecule has 1 N–H and O–H groups in total. The molecular weight excluding hydrogens is 364 g/mol. The molecular formula is C23H26N4O2. The fourth-order valence-electron chi connectivity index (χ4n) is 4.07. The molecule has 6 heteroatoms. The van der Waals surface area contributed by atoms with E-state index in [1.807, 2.05) is 31.2 Å². The van der Waals surface area contributed by atoms with Gasteiger partial charge in [0.2, 0.25) is 5.91 Å². The summed E-state index contributed by atoms with van der Waals surface area (Å²) in [5.41, 5.74) is 5.33. The molecule has 1 aromatic carbocycles. The Morgan fingerprint density at radius 3 is 2.97 bits per heavy atom. The zero-order valence-corrected chi connectivity index (χ0v) is 17.2. The third-order valence-corrected chi connectivity index (χ3v) is 5.74. The monoisotopic (exact) mass is 390 g/mol. The van der Waals surface area contributed by atoms with Crippen molar-refractivity contribution in [2.45, 2.75) is 53.0 Å². The molecule has 0 bridgehead atoms. The van der Waals surface area contributed by atoms with E-state index in [2.05, 4.69) is 29.1 Å². The van der Waals surface area contributed by atoms with Crippen molar-refractivity contribution in [3.8, 4) is 0 Å². The Morgan fingerprint density at radius 2 is 2.17 bits per heavy atom. The SMILES string of the molecule is CCc1cccc(C)c1NC(=O)Cn1cnc2nc3c(cc2c1=O)C[C@H](C)CC3. The maximum atomic E-state index is 13.0. The number of anilines is 1. The van der Waals surface area contributed by atoms with Crippen LogP contribution in [-0.2, 0) is 30.6 Å². The number of benzene rings is 1. The van der Waals surface area contributed by atoms with Crippen LogP contribution >= 0.6 is 0 Å². The van der Waals surface area contributed by atoms with Crippen molar-refractivity contribution >= 4 is 22.6 Å². The average molecular weight is 390 g/mol. The van der Waals surface area contributed by atoms with Crippen LogP contribution in [0.3, 0.4) is 0 Å². The van der Waals surface area contributed by atoms with Crippen LogP contribution in [0.15, 0.2) is 35.4 Å². The molecule has 0 unspecified atom stereocenters. The molecule has 0 fully saturated rings. The largest absolute Gasteiger partial charge is 0.324 e. The molecule has 0 aliphatic heterocycles. The van der Waals surface area contributed by atoms with E-state index in [0.29, 0.717) is 17.0 Å². The Labute approximate surface area is 170 Å². The summed E-state index contributed by atoms with van der Waals surface area (Å²) < 4.78 is 1.36. The molecule has 150 valence electrons. The zero-order chi connectivity index (χ0) is 20.5. The highest BCUT2D eigenvalue weighted by molar-refractivity contribution is 5.92. The number of carbonyl (C=O) groups is 1. The standard InChI is InChI=1S/C23H26N4O2/c1-4-16-7-5-6-15(3)21(16)26-20(28)12-27-13-24-22-18(23(27)29)11-17-10-14(2)8-9-19(17)25-22/h5-7,11,13-14H,4,8-10,12H2,1-3H3,(H,26,28)/t14-/m1/s1. The number of hydrogen-bond donors (Lipinski definition) is 1. The minimum absolute atomic E-state index is 0.0766. The van der Waals surface area contributed by atoms with Gasteiger partial charge in [0.25, 0.3) is 5.56 Å². The maximum Gasteiger partial charge on any atom is 0.263 e. The number of amides is 1. The van der Waals surface area contributed by atoms with Gasteiger partial charge in [-0.3, -0.25) is 14.2 Å². The van der Waals surface area contributed by atoms with Crippen LogP contribution in [0, 0.1) is 12.8 Å². The summed E-state index contributed by atoms with van der Waals surface area (Å²) in [6.07, 6.45) is 5.22. The molecule has 2 aromatic heterocycles. The number of aryl methyl sites for hydroxylation is 3. The first kappa shape index (κ1) is 19.3. The summed E-state index contributed by atoms with van der Waals surface area (Å²) in [7, 11) is 0. The Kier molecular flexibility index (Phi) is 5.18. The molecule has 0 saturated carbocycles. The minimum Gasteiger partial charge on any atom is -0.324 e. The summed E-state index contributed by atoms with van der Waals surface area (Å²) in [5, 5.41) is 3.45. The minimum atomic E-state index is -0.239. The van der Waals surface area contributed by atoms with Crippen molar-refractivity contribution in [2.75, 3.05) is 5.32 Å². The number of pyridine rings is 1. The van der Waals surface area contributed by atoms with Gasteiger partial charge in [-0.05, 0) is 61.3 Å². The van der Waals surface area contributed by atoms with E-state index in [1.165, 1.54) is 10.9 Å². The van der Waals surface area contributed by atoms with Gasteiger partial charge in [0, 0.05) is 11.4 Å². The molecule has 1 atom stereocenters. The molecule has 1 aliphatic rings. The van der Waals surface area contributed by atoms with Crippen molar-refractivity contribution in [2.24, 2.45) is 5.92 Å². The first-order valence-corrected chi connectivity index (χ1v) is 10.2. The quantitative estimate of drug-likeness (QED) is 0.740. The number of rotatable bonds is 4. The average Bonchev–Trinajstić information content (AvgIpc) is 2.70. The lowest BCUT2D eigenvalue weighted by molar-refractivity contribution is -0.116. The van der Waals surface area contributed by atoms with Crippen LogP contribution in [0.4, 0.5) is 5.69 Å². The van der Waals surface area contributed by atoms with Crippen LogP contribution in [0.5, 0.6) is 0 Å². The van der Waals surface area contributed by atoms with Gasteiger partial charge in [-0.2, -0.15) is 0 Å². The van der Waals surface area contributed by atoms with Gasteiger partial charge in [0.05, 0.1) is 5.39 Å². The van der Waals surface area contributed by atoms with Gasteiger partial charge in [-0.1, -0.05) is 32.0 Å². The normalized spacial score (nSPS) is 15.9. The van der Waals surface area contributed by atoms with E-state index in [0.717, 1.165) is 53.8 Å². The van der Waals surface area contributed by atoms with Crippen LogP contribution in [0.1, 0.15) is 42.7 Å². The predicted octanol–water partition coefficient (Wildman–Crippen LogP) is 3.43. The number of para-hydroxylation sites is 1. The lowest BCUT2D eigenvalue weighted by Crippen LogP contribution is -2.29. The molecule has 2 heterocycles. The second-order valence-corrected chi connectivity index (χ2v) is 8.00. The van der Waals surface area contributed by atoms with Crippen molar-refractivity contribution < 1.29 is 4.79 Å². The summed E-state index contributed by atoms with van der Waals surface area (Å²) in [4.78, 5) is 34.6. The molecule has 0 radical (unpaired) electrons. The number of hydrogen-bond acceptors (Lipinski definition) is 4. The number of nitrogens with one attached hydrogen (secondary N) is 1. The Bertz CT molecular complexity index is 1150. The molecule has 3 aromatic rings. The highest BCUT2D eigenvalue weighted by Gasteiger charge is 2.19. The van der Waals surface area contributed by atoms with E-state index in [1.54, 1.807) is 0 Å². The number of carbonyl (C=O) groups excluding carboxylic acids is 1.